The smallest absolute Gasteiger partial charge is 0.243 e. The molecule has 1 rings (SSSR count). The molecule has 2 nitrogen and oxygen atoms in total. The molecule has 0 aromatic heterocycles. The normalized spacial score (nSPS) is 40.6. The van der Waals surface area contributed by atoms with Gasteiger partial charge in [-0.15, -0.1) is 0 Å². The fourth-order valence-electron chi connectivity index (χ4n) is 1.05. The first-order chi connectivity index (χ1) is 5.28. The van der Waals surface area contributed by atoms with Crippen LogP contribution in [0, 0.1) is 0 Å². The van der Waals surface area contributed by atoms with E-state index in [0.29, 0.717) is 0 Å². The highest BCUT2D eigenvalue weighted by molar-refractivity contribution is 7.91. The largest absolute Gasteiger partial charge is 0.276 e. The molecule has 1 aliphatic rings. The minimum atomic E-state index is -3.98. The van der Waals surface area contributed by atoms with E-state index >= 15 is 0 Å². The third-order valence-corrected chi connectivity index (χ3v) is 3.41. The van der Waals surface area contributed by atoms with Crippen molar-refractivity contribution in [1.82, 2.24) is 0 Å². The molecule has 0 spiro atoms. The first-order valence-electron chi connectivity index (χ1n) is 3.09. The Morgan fingerprint density at radius 2 is 1.92 bits per heavy atom. The first kappa shape index (κ1) is 9.76. The van der Waals surface area contributed by atoms with Gasteiger partial charge in [0.05, 0.1) is 11.5 Å². The van der Waals surface area contributed by atoms with Gasteiger partial charge in [0.15, 0.2) is 16.0 Å². The van der Waals surface area contributed by atoms with E-state index in [9.17, 15) is 26.0 Å². The van der Waals surface area contributed by atoms with Gasteiger partial charge in [0, 0.05) is 0 Å². The highest BCUT2D eigenvalue weighted by Gasteiger charge is 2.58. The van der Waals surface area contributed by atoms with Crippen molar-refractivity contribution >= 4 is 9.84 Å². The number of hydrogen-bond donors (Lipinski definition) is 0. The third kappa shape index (κ3) is 1.41. The van der Waals surface area contributed by atoms with Crippen LogP contribution in [-0.2, 0) is 9.84 Å². The number of halogens is 4. The molecule has 1 heterocycles. The Morgan fingerprint density at radius 1 is 1.42 bits per heavy atom. The molecule has 0 N–H and O–H groups in total. The van der Waals surface area contributed by atoms with Crippen LogP contribution in [0.3, 0.4) is 0 Å². The Balaban J connectivity index is 2.97. The van der Waals surface area contributed by atoms with Crippen molar-refractivity contribution in [3.63, 3.8) is 0 Å². The predicted molar refractivity (Wildman–Crippen MR) is 33.4 cm³/mol. The van der Waals surface area contributed by atoms with Crippen molar-refractivity contribution in [3.05, 3.63) is 0 Å². The maximum absolute atomic E-state index is 12.8. The lowest BCUT2D eigenvalue weighted by Gasteiger charge is -2.18. The maximum Gasteiger partial charge on any atom is 0.276 e. The molecule has 1 saturated heterocycles. The summed E-state index contributed by atoms with van der Waals surface area (Å²) in [6.07, 6.45) is -6.20. The quantitative estimate of drug-likeness (QED) is 0.592. The summed E-state index contributed by atoms with van der Waals surface area (Å²) in [4.78, 5) is 0. The van der Waals surface area contributed by atoms with E-state index in [2.05, 4.69) is 0 Å². The highest BCUT2D eigenvalue weighted by atomic mass is 32.2. The fraction of sp³-hybridized carbons (Fsp3) is 1.00. The van der Waals surface area contributed by atoms with Crippen molar-refractivity contribution in [1.29, 1.82) is 0 Å². The summed E-state index contributed by atoms with van der Waals surface area (Å²) in [5.41, 5.74) is -3.50. The second kappa shape index (κ2) is 2.58. The molecule has 72 valence electrons. The van der Waals surface area contributed by atoms with E-state index in [1.807, 2.05) is 0 Å². The van der Waals surface area contributed by atoms with E-state index in [0.717, 1.165) is 0 Å². The van der Waals surface area contributed by atoms with E-state index in [-0.39, 0.29) is 0 Å². The molecule has 0 aromatic carbocycles. The Hall–Kier alpha value is -0.330. The minimum absolute atomic E-state index is 1.14. The van der Waals surface area contributed by atoms with E-state index in [4.69, 9.17) is 0 Å². The Kier molecular flexibility index (Phi) is 2.10. The molecule has 0 amide bonds. The fourth-order valence-corrected chi connectivity index (χ4v) is 2.87. The van der Waals surface area contributed by atoms with Crippen molar-refractivity contribution in [2.75, 3.05) is 11.5 Å². The lowest BCUT2D eigenvalue weighted by atomic mass is 10.1. The SMILES string of the molecule is O=S1(=O)CC(F)C(F)(C(F)F)C1. The molecule has 0 aromatic rings. The Bertz CT molecular complexity index is 275. The molecule has 7 heteroatoms. The van der Waals surface area contributed by atoms with Crippen LogP contribution in [0.4, 0.5) is 17.6 Å². The summed E-state index contributed by atoms with van der Waals surface area (Å²) >= 11 is 0. The predicted octanol–water partition coefficient (Wildman–Crippen LogP) is 0.726. The molecule has 0 bridgehead atoms. The molecular weight excluding hydrogens is 200 g/mol. The van der Waals surface area contributed by atoms with Gasteiger partial charge in [0.25, 0.3) is 6.43 Å². The summed E-state index contributed by atoms with van der Waals surface area (Å²) in [5.74, 6) is -2.56. The third-order valence-electron chi connectivity index (χ3n) is 1.72. The lowest BCUT2D eigenvalue weighted by molar-refractivity contribution is -0.0556. The average Bonchev–Trinajstić information content (AvgIpc) is 2.03. The van der Waals surface area contributed by atoms with Crippen LogP contribution in [0.15, 0.2) is 0 Å². The van der Waals surface area contributed by atoms with Crippen LogP contribution < -0.4 is 0 Å². The van der Waals surface area contributed by atoms with Gasteiger partial charge in [-0.2, -0.15) is 0 Å². The molecule has 1 fully saturated rings. The summed E-state index contributed by atoms with van der Waals surface area (Å²) in [5, 5.41) is 0. The topological polar surface area (TPSA) is 34.1 Å². The second-order valence-electron chi connectivity index (χ2n) is 2.75. The Morgan fingerprint density at radius 3 is 2.08 bits per heavy atom. The Labute approximate surface area is 66.5 Å². The molecule has 0 aliphatic carbocycles. The van der Waals surface area contributed by atoms with Gasteiger partial charge in [-0.25, -0.2) is 26.0 Å². The molecular formula is C5H6F4O2S. The maximum atomic E-state index is 12.8. The van der Waals surface area contributed by atoms with Crippen LogP contribution in [0.25, 0.3) is 0 Å². The number of hydrogen-bond acceptors (Lipinski definition) is 2. The van der Waals surface area contributed by atoms with Crippen molar-refractivity contribution in [3.8, 4) is 0 Å². The summed E-state index contributed by atoms with van der Waals surface area (Å²) in [7, 11) is -3.98. The number of sulfone groups is 1. The molecule has 2 atom stereocenters. The van der Waals surface area contributed by atoms with Crippen molar-refractivity contribution < 1.29 is 26.0 Å². The van der Waals surface area contributed by atoms with E-state index in [1.54, 1.807) is 0 Å². The molecule has 1 aliphatic heterocycles. The zero-order valence-corrected chi connectivity index (χ0v) is 6.62. The van der Waals surface area contributed by atoms with E-state index in [1.165, 1.54) is 0 Å². The second-order valence-corrected chi connectivity index (χ2v) is 4.86. The zero-order valence-electron chi connectivity index (χ0n) is 5.81. The van der Waals surface area contributed by atoms with Crippen LogP contribution >= 0.6 is 0 Å². The molecule has 0 saturated carbocycles. The lowest BCUT2D eigenvalue weighted by Crippen LogP contribution is -2.41. The van der Waals surface area contributed by atoms with Crippen molar-refractivity contribution in [2.24, 2.45) is 0 Å². The van der Waals surface area contributed by atoms with Gasteiger partial charge in [0.1, 0.15) is 0 Å². The van der Waals surface area contributed by atoms with Crippen molar-refractivity contribution in [2.45, 2.75) is 18.3 Å². The van der Waals surface area contributed by atoms with Crippen LogP contribution in [0.5, 0.6) is 0 Å². The van der Waals surface area contributed by atoms with Gasteiger partial charge < -0.3 is 0 Å². The van der Waals surface area contributed by atoms with Crippen LogP contribution in [0.1, 0.15) is 0 Å². The minimum Gasteiger partial charge on any atom is -0.243 e. The van der Waals surface area contributed by atoms with Crippen LogP contribution in [0.2, 0.25) is 0 Å². The molecule has 2 unspecified atom stereocenters. The summed E-state index contributed by atoms with van der Waals surface area (Å²) in [6.45, 7) is 0. The molecule has 12 heavy (non-hydrogen) atoms. The van der Waals surface area contributed by atoms with Gasteiger partial charge in [-0.3, -0.25) is 0 Å². The zero-order chi connectivity index (χ0) is 9.57. The van der Waals surface area contributed by atoms with Crippen LogP contribution in [-0.4, -0.2) is 38.2 Å². The molecule has 0 radical (unpaired) electrons. The van der Waals surface area contributed by atoms with Gasteiger partial charge >= 0.3 is 0 Å². The van der Waals surface area contributed by atoms with Gasteiger partial charge in [-0.1, -0.05) is 0 Å². The van der Waals surface area contributed by atoms with Gasteiger partial charge in [0.2, 0.25) is 5.67 Å². The summed E-state index contributed by atoms with van der Waals surface area (Å²) < 4.78 is 70.1. The van der Waals surface area contributed by atoms with E-state index < -0.39 is 39.6 Å². The standard InChI is InChI=1S/C5H6F4O2S/c6-3-1-12(10,11)2-5(3,9)4(7)8/h3-4H,1-2H2. The number of alkyl halides is 4. The average molecular weight is 206 g/mol. The monoisotopic (exact) mass is 206 g/mol. The first-order valence-corrected chi connectivity index (χ1v) is 4.91. The summed E-state index contributed by atoms with van der Waals surface area (Å²) in [6, 6.07) is 0. The van der Waals surface area contributed by atoms with Gasteiger partial charge in [-0.05, 0) is 0 Å². The number of rotatable bonds is 1. The highest BCUT2D eigenvalue weighted by Crippen LogP contribution is 2.35.